The SMILES string of the molecule is O=C(CSCc1ccccc1Cl)NN=Cc1ccc(OCc2cccc3ccccc23)cc1. The Morgan fingerprint density at radius 3 is 2.48 bits per heavy atom. The summed E-state index contributed by atoms with van der Waals surface area (Å²) in [5.74, 6) is 1.61. The Balaban J connectivity index is 1.22. The van der Waals surface area contributed by atoms with E-state index in [0.717, 1.165) is 22.4 Å². The molecule has 4 rings (SSSR count). The van der Waals surface area contributed by atoms with E-state index in [4.69, 9.17) is 16.3 Å². The van der Waals surface area contributed by atoms with Gasteiger partial charge in [0.05, 0.1) is 12.0 Å². The summed E-state index contributed by atoms with van der Waals surface area (Å²) in [5, 5.41) is 7.15. The second-order valence-corrected chi connectivity index (χ2v) is 8.77. The van der Waals surface area contributed by atoms with E-state index < -0.39 is 0 Å². The van der Waals surface area contributed by atoms with Crippen LogP contribution in [0.1, 0.15) is 16.7 Å². The molecule has 1 N–H and O–H groups in total. The van der Waals surface area contributed by atoms with Crippen molar-refractivity contribution >= 4 is 46.3 Å². The third-order valence-corrected chi connectivity index (χ3v) is 6.36. The predicted molar refractivity (Wildman–Crippen MR) is 138 cm³/mol. The fraction of sp³-hybridized carbons (Fsp3) is 0.111. The maximum absolute atomic E-state index is 12.0. The average Bonchev–Trinajstić information content (AvgIpc) is 2.85. The summed E-state index contributed by atoms with van der Waals surface area (Å²) in [7, 11) is 0. The second kappa shape index (κ2) is 11.5. The van der Waals surface area contributed by atoms with Crippen molar-refractivity contribution in [3.05, 3.63) is 113 Å². The summed E-state index contributed by atoms with van der Waals surface area (Å²) in [5.41, 5.74) is 5.59. The van der Waals surface area contributed by atoms with Crippen LogP contribution in [-0.4, -0.2) is 17.9 Å². The number of nitrogens with one attached hydrogen (secondary N) is 1. The number of ether oxygens (including phenoxy) is 1. The first-order chi connectivity index (χ1) is 16.2. The first-order valence-electron chi connectivity index (χ1n) is 10.5. The first-order valence-corrected chi connectivity index (χ1v) is 12.0. The lowest BCUT2D eigenvalue weighted by molar-refractivity contribution is -0.118. The Morgan fingerprint density at radius 1 is 0.909 bits per heavy atom. The van der Waals surface area contributed by atoms with Crippen LogP contribution in [0, 0.1) is 0 Å². The van der Waals surface area contributed by atoms with Gasteiger partial charge in [0.1, 0.15) is 12.4 Å². The highest BCUT2D eigenvalue weighted by Crippen LogP contribution is 2.22. The maximum atomic E-state index is 12.0. The van der Waals surface area contributed by atoms with E-state index in [-0.39, 0.29) is 5.91 Å². The first kappa shape index (κ1) is 22.9. The number of rotatable bonds is 9. The Labute approximate surface area is 202 Å². The van der Waals surface area contributed by atoms with E-state index in [0.29, 0.717) is 23.1 Å². The Hall–Kier alpha value is -3.28. The van der Waals surface area contributed by atoms with Gasteiger partial charge < -0.3 is 4.74 Å². The van der Waals surface area contributed by atoms with Crippen molar-refractivity contribution in [2.45, 2.75) is 12.4 Å². The van der Waals surface area contributed by atoms with Gasteiger partial charge in [0.25, 0.3) is 0 Å². The number of nitrogens with zero attached hydrogens (tertiary/aromatic N) is 1. The van der Waals surface area contributed by atoms with Crippen molar-refractivity contribution in [1.29, 1.82) is 0 Å². The van der Waals surface area contributed by atoms with Gasteiger partial charge in [-0.2, -0.15) is 5.10 Å². The van der Waals surface area contributed by atoms with Crippen molar-refractivity contribution in [3.63, 3.8) is 0 Å². The summed E-state index contributed by atoms with van der Waals surface area (Å²) >= 11 is 7.62. The molecular weight excluding hydrogens is 452 g/mol. The van der Waals surface area contributed by atoms with E-state index in [1.807, 2.05) is 66.7 Å². The van der Waals surface area contributed by atoms with Gasteiger partial charge in [-0.3, -0.25) is 4.79 Å². The summed E-state index contributed by atoms with van der Waals surface area (Å²) in [6.45, 7) is 0.497. The Kier molecular flexibility index (Phi) is 8.01. The minimum Gasteiger partial charge on any atom is -0.489 e. The predicted octanol–water partition coefficient (Wildman–Crippen LogP) is 6.46. The maximum Gasteiger partial charge on any atom is 0.250 e. The number of halogens is 1. The van der Waals surface area contributed by atoms with Gasteiger partial charge in [-0.25, -0.2) is 5.43 Å². The van der Waals surface area contributed by atoms with Crippen molar-refractivity contribution in [2.24, 2.45) is 5.10 Å². The Morgan fingerprint density at radius 2 is 1.64 bits per heavy atom. The fourth-order valence-corrected chi connectivity index (χ4v) is 4.42. The second-order valence-electron chi connectivity index (χ2n) is 7.37. The van der Waals surface area contributed by atoms with Crippen molar-refractivity contribution in [1.82, 2.24) is 5.43 Å². The molecule has 166 valence electrons. The van der Waals surface area contributed by atoms with Gasteiger partial charge in [0, 0.05) is 10.8 Å². The molecule has 0 aromatic heterocycles. The van der Waals surface area contributed by atoms with Crippen molar-refractivity contribution < 1.29 is 9.53 Å². The van der Waals surface area contributed by atoms with Crippen LogP contribution in [0.5, 0.6) is 5.75 Å². The number of carbonyl (C=O) groups is 1. The number of carbonyl (C=O) groups excluding carboxylic acids is 1. The van der Waals surface area contributed by atoms with Crippen LogP contribution in [0.15, 0.2) is 96.1 Å². The lowest BCUT2D eigenvalue weighted by Crippen LogP contribution is -2.19. The minimum atomic E-state index is -0.154. The third kappa shape index (κ3) is 6.60. The molecule has 4 aromatic rings. The summed E-state index contributed by atoms with van der Waals surface area (Å²) in [6.07, 6.45) is 1.62. The number of hydrazone groups is 1. The van der Waals surface area contributed by atoms with Crippen LogP contribution in [0.25, 0.3) is 10.8 Å². The topological polar surface area (TPSA) is 50.7 Å². The van der Waals surface area contributed by atoms with Crippen LogP contribution in [-0.2, 0) is 17.2 Å². The molecule has 0 atom stereocenters. The van der Waals surface area contributed by atoms with Crippen molar-refractivity contribution in [3.8, 4) is 5.75 Å². The number of hydrogen-bond donors (Lipinski definition) is 1. The highest BCUT2D eigenvalue weighted by Gasteiger charge is 2.04. The lowest BCUT2D eigenvalue weighted by atomic mass is 10.1. The molecule has 0 saturated heterocycles. The zero-order valence-electron chi connectivity index (χ0n) is 17.9. The largest absolute Gasteiger partial charge is 0.489 e. The highest BCUT2D eigenvalue weighted by atomic mass is 35.5. The smallest absolute Gasteiger partial charge is 0.250 e. The number of amides is 1. The number of benzene rings is 4. The third-order valence-electron chi connectivity index (χ3n) is 5.01. The molecule has 0 heterocycles. The zero-order valence-corrected chi connectivity index (χ0v) is 19.5. The van der Waals surface area contributed by atoms with E-state index in [2.05, 4.69) is 34.8 Å². The van der Waals surface area contributed by atoms with Crippen LogP contribution in [0.4, 0.5) is 0 Å². The molecule has 1 amide bonds. The molecule has 0 radical (unpaired) electrons. The van der Waals surface area contributed by atoms with Gasteiger partial charge >= 0.3 is 0 Å². The summed E-state index contributed by atoms with van der Waals surface area (Å²) < 4.78 is 5.96. The monoisotopic (exact) mass is 474 g/mol. The van der Waals surface area contributed by atoms with E-state index in [1.165, 1.54) is 22.5 Å². The van der Waals surface area contributed by atoms with Gasteiger partial charge in [-0.1, -0.05) is 72.3 Å². The van der Waals surface area contributed by atoms with Gasteiger partial charge in [-0.05, 0) is 57.8 Å². The molecule has 0 aliphatic carbocycles. The molecule has 0 spiro atoms. The molecule has 4 aromatic carbocycles. The molecule has 4 nitrogen and oxygen atoms in total. The summed E-state index contributed by atoms with van der Waals surface area (Å²) in [4.78, 5) is 12.0. The van der Waals surface area contributed by atoms with E-state index >= 15 is 0 Å². The molecule has 33 heavy (non-hydrogen) atoms. The molecule has 0 fully saturated rings. The fourth-order valence-electron chi connectivity index (χ4n) is 3.31. The van der Waals surface area contributed by atoms with E-state index in [1.54, 1.807) is 6.21 Å². The Bertz CT molecular complexity index is 1250. The van der Waals surface area contributed by atoms with Crippen molar-refractivity contribution in [2.75, 3.05) is 5.75 Å². The normalized spacial score (nSPS) is 11.1. The van der Waals surface area contributed by atoms with Crippen LogP contribution < -0.4 is 10.2 Å². The molecule has 0 unspecified atom stereocenters. The molecule has 0 aliphatic heterocycles. The van der Waals surface area contributed by atoms with Crippen LogP contribution in [0.2, 0.25) is 5.02 Å². The van der Waals surface area contributed by atoms with E-state index in [9.17, 15) is 4.79 Å². The molecule has 0 aliphatic rings. The number of hydrogen-bond acceptors (Lipinski definition) is 4. The van der Waals surface area contributed by atoms with Crippen LogP contribution >= 0.6 is 23.4 Å². The zero-order chi connectivity index (χ0) is 22.9. The van der Waals surface area contributed by atoms with Crippen LogP contribution in [0.3, 0.4) is 0 Å². The average molecular weight is 475 g/mol. The molecular formula is C27H23ClN2O2S. The van der Waals surface area contributed by atoms with Gasteiger partial charge in [0.2, 0.25) is 5.91 Å². The highest BCUT2D eigenvalue weighted by molar-refractivity contribution is 7.99. The molecule has 6 heteroatoms. The summed E-state index contributed by atoms with van der Waals surface area (Å²) in [6, 6.07) is 29.7. The van der Waals surface area contributed by atoms with Gasteiger partial charge in [-0.15, -0.1) is 11.8 Å². The molecule has 0 bridgehead atoms. The quantitative estimate of drug-likeness (QED) is 0.224. The van der Waals surface area contributed by atoms with Gasteiger partial charge in [0.15, 0.2) is 0 Å². The number of fused-ring (bicyclic) bond motifs is 1. The minimum absolute atomic E-state index is 0.154. The molecule has 0 saturated carbocycles. The number of thioether (sulfide) groups is 1. The standard InChI is InChI=1S/C27H23ClN2O2S/c28-26-11-4-2-7-23(26)18-33-19-27(31)30-29-16-20-12-14-24(15-13-20)32-17-22-9-5-8-21-6-1-3-10-25(21)22/h1-16H,17-19H2,(H,30,31). The lowest BCUT2D eigenvalue weighted by Gasteiger charge is -2.09.